The minimum atomic E-state index is 0.387. The Hall–Kier alpha value is -0.0800. The molecule has 2 aliphatic rings. The highest BCUT2D eigenvalue weighted by atomic mass is 15.3. The molecule has 0 spiro atoms. The van der Waals surface area contributed by atoms with Crippen molar-refractivity contribution in [3.05, 3.63) is 0 Å². The average Bonchev–Trinajstić information content (AvgIpc) is 2.77. The summed E-state index contributed by atoms with van der Waals surface area (Å²) in [5.74, 6) is 0.944. The van der Waals surface area contributed by atoms with Crippen molar-refractivity contribution in [2.24, 2.45) is 5.92 Å². The Morgan fingerprint density at radius 3 is 2.41 bits per heavy atom. The molecule has 2 nitrogen and oxygen atoms in total. The topological polar surface area (TPSA) is 15.3 Å². The first-order valence-electron chi connectivity index (χ1n) is 7.61. The molecule has 1 saturated heterocycles. The summed E-state index contributed by atoms with van der Waals surface area (Å²) >= 11 is 0. The smallest absolute Gasteiger partial charge is 0.0304 e. The third-order valence-corrected chi connectivity index (χ3v) is 5.31. The van der Waals surface area contributed by atoms with Gasteiger partial charge in [0.25, 0.3) is 0 Å². The number of piperazine rings is 1. The molecule has 1 heterocycles. The molecule has 1 aliphatic carbocycles. The predicted octanol–water partition coefficient (Wildman–Crippen LogP) is 3.03. The van der Waals surface area contributed by atoms with Crippen molar-refractivity contribution in [1.82, 2.24) is 10.2 Å². The van der Waals surface area contributed by atoms with Gasteiger partial charge in [-0.2, -0.15) is 0 Å². The number of rotatable bonds is 3. The Morgan fingerprint density at radius 1 is 1.18 bits per heavy atom. The third-order valence-electron chi connectivity index (χ3n) is 5.31. The van der Waals surface area contributed by atoms with Gasteiger partial charge in [0, 0.05) is 30.7 Å². The molecular weight excluding hydrogens is 208 g/mol. The van der Waals surface area contributed by atoms with Crippen molar-refractivity contribution in [2.75, 3.05) is 13.1 Å². The van der Waals surface area contributed by atoms with Crippen molar-refractivity contribution < 1.29 is 0 Å². The van der Waals surface area contributed by atoms with Crippen molar-refractivity contribution in [1.29, 1.82) is 0 Å². The largest absolute Gasteiger partial charge is 0.308 e. The standard InChI is InChI=1S/C15H30N2/c1-5-15(6-2)11-17(13(4)10-16-15)14-8-7-12(3)9-14/h12-14,16H,5-11H2,1-4H3. The van der Waals surface area contributed by atoms with Crippen LogP contribution < -0.4 is 5.32 Å². The van der Waals surface area contributed by atoms with Gasteiger partial charge in [-0.15, -0.1) is 0 Å². The predicted molar refractivity (Wildman–Crippen MR) is 74.3 cm³/mol. The zero-order chi connectivity index (χ0) is 12.5. The Kier molecular flexibility index (Phi) is 4.14. The lowest BCUT2D eigenvalue weighted by molar-refractivity contribution is 0.0450. The molecule has 0 aromatic rings. The van der Waals surface area contributed by atoms with Crippen molar-refractivity contribution in [3.8, 4) is 0 Å². The van der Waals surface area contributed by atoms with E-state index in [1.807, 2.05) is 0 Å². The summed E-state index contributed by atoms with van der Waals surface area (Å²) < 4.78 is 0. The zero-order valence-electron chi connectivity index (χ0n) is 12.1. The number of nitrogens with one attached hydrogen (secondary N) is 1. The van der Waals surface area contributed by atoms with Crippen LogP contribution in [0.4, 0.5) is 0 Å². The van der Waals surface area contributed by atoms with Crippen molar-refractivity contribution in [2.45, 2.75) is 77.4 Å². The van der Waals surface area contributed by atoms with Crippen LogP contribution in [0.3, 0.4) is 0 Å². The van der Waals surface area contributed by atoms with Gasteiger partial charge in [-0.25, -0.2) is 0 Å². The van der Waals surface area contributed by atoms with Gasteiger partial charge >= 0.3 is 0 Å². The molecular formula is C15H30N2. The Morgan fingerprint density at radius 2 is 1.88 bits per heavy atom. The summed E-state index contributed by atoms with van der Waals surface area (Å²) in [5.41, 5.74) is 0.387. The monoisotopic (exact) mass is 238 g/mol. The first-order chi connectivity index (χ1) is 8.10. The van der Waals surface area contributed by atoms with Crippen molar-refractivity contribution >= 4 is 0 Å². The number of nitrogens with zero attached hydrogens (tertiary/aromatic N) is 1. The number of hydrogen-bond donors (Lipinski definition) is 1. The van der Waals surface area contributed by atoms with Gasteiger partial charge < -0.3 is 5.32 Å². The molecule has 2 heteroatoms. The van der Waals surface area contributed by atoms with Crippen LogP contribution in [-0.2, 0) is 0 Å². The lowest BCUT2D eigenvalue weighted by Gasteiger charge is -2.49. The van der Waals surface area contributed by atoms with Gasteiger partial charge in [-0.05, 0) is 44.9 Å². The molecule has 0 aromatic heterocycles. The van der Waals surface area contributed by atoms with E-state index in [0.29, 0.717) is 5.54 Å². The van der Waals surface area contributed by atoms with Gasteiger partial charge in [0.15, 0.2) is 0 Å². The minimum absolute atomic E-state index is 0.387. The van der Waals surface area contributed by atoms with E-state index < -0.39 is 0 Å². The molecule has 3 atom stereocenters. The van der Waals surface area contributed by atoms with E-state index >= 15 is 0 Å². The zero-order valence-corrected chi connectivity index (χ0v) is 12.1. The number of hydrogen-bond acceptors (Lipinski definition) is 2. The highest BCUT2D eigenvalue weighted by molar-refractivity contribution is 4.98. The summed E-state index contributed by atoms with van der Waals surface area (Å²) in [6.45, 7) is 11.9. The maximum absolute atomic E-state index is 3.80. The maximum atomic E-state index is 3.80. The normalized spacial score (nSPS) is 38.5. The Balaban J connectivity index is 2.04. The molecule has 100 valence electrons. The molecule has 2 rings (SSSR count). The fourth-order valence-corrected chi connectivity index (χ4v) is 3.73. The fraction of sp³-hybridized carbons (Fsp3) is 1.00. The molecule has 3 unspecified atom stereocenters. The van der Waals surface area contributed by atoms with Crippen LogP contribution in [0.25, 0.3) is 0 Å². The van der Waals surface area contributed by atoms with Gasteiger partial charge in [-0.3, -0.25) is 4.90 Å². The summed E-state index contributed by atoms with van der Waals surface area (Å²) in [4.78, 5) is 2.81. The second-order valence-corrected chi connectivity index (χ2v) is 6.46. The van der Waals surface area contributed by atoms with Crippen LogP contribution in [0.15, 0.2) is 0 Å². The fourth-order valence-electron chi connectivity index (χ4n) is 3.73. The van der Waals surface area contributed by atoms with Crippen LogP contribution in [0, 0.1) is 5.92 Å². The second kappa shape index (κ2) is 5.27. The van der Waals surface area contributed by atoms with Crippen LogP contribution in [0.2, 0.25) is 0 Å². The lowest BCUT2D eigenvalue weighted by Crippen LogP contribution is -2.64. The van der Waals surface area contributed by atoms with Crippen LogP contribution in [0.5, 0.6) is 0 Å². The molecule has 1 N–H and O–H groups in total. The van der Waals surface area contributed by atoms with E-state index in [1.165, 1.54) is 45.2 Å². The summed E-state index contributed by atoms with van der Waals surface area (Å²) in [6, 6.07) is 1.58. The first-order valence-corrected chi connectivity index (χ1v) is 7.61. The van der Waals surface area contributed by atoms with E-state index in [1.54, 1.807) is 0 Å². The van der Waals surface area contributed by atoms with E-state index in [-0.39, 0.29) is 0 Å². The highest BCUT2D eigenvalue weighted by Crippen LogP contribution is 2.33. The van der Waals surface area contributed by atoms with Crippen LogP contribution in [-0.4, -0.2) is 35.6 Å². The Labute approximate surface area is 107 Å². The summed E-state index contributed by atoms with van der Waals surface area (Å²) in [7, 11) is 0. The molecule has 0 bridgehead atoms. The minimum Gasteiger partial charge on any atom is -0.308 e. The van der Waals surface area contributed by atoms with Crippen LogP contribution >= 0.6 is 0 Å². The van der Waals surface area contributed by atoms with E-state index in [0.717, 1.165) is 18.0 Å². The molecule has 1 saturated carbocycles. The van der Waals surface area contributed by atoms with Gasteiger partial charge in [0.2, 0.25) is 0 Å². The molecule has 1 aliphatic heterocycles. The second-order valence-electron chi connectivity index (χ2n) is 6.46. The summed E-state index contributed by atoms with van der Waals surface area (Å²) in [5, 5.41) is 3.80. The lowest BCUT2D eigenvalue weighted by atomic mass is 9.87. The highest BCUT2D eigenvalue weighted by Gasteiger charge is 2.39. The summed E-state index contributed by atoms with van der Waals surface area (Å²) in [6.07, 6.45) is 6.80. The van der Waals surface area contributed by atoms with E-state index in [4.69, 9.17) is 0 Å². The van der Waals surface area contributed by atoms with Crippen molar-refractivity contribution in [3.63, 3.8) is 0 Å². The van der Waals surface area contributed by atoms with E-state index in [2.05, 4.69) is 37.9 Å². The molecule has 0 radical (unpaired) electrons. The van der Waals surface area contributed by atoms with E-state index in [9.17, 15) is 0 Å². The first kappa shape index (κ1) is 13.4. The maximum Gasteiger partial charge on any atom is 0.0304 e. The molecule has 2 fully saturated rings. The van der Waals surface area contributed by atoms with Gasteiger partial charge in [0.05, 0.1) is 0 Å². The molecule has 0 aromatic carbocycles. The van der Waals surface area contributed by atoms with Gasteiger partial charge in [0.1, 0.15) is 0 Å². The van der Waals surface area contributed by atoms with Gasteiger partial charge in [-0.1, -0.05) is 20.8 Å². The quantitative estimate of drug-likeness (QED) is 0.813. The SMILES string of the molecule is CCC1(CC)CN(C2CCC(C)C2)C(C)CN1. The average molecular weight is 238 g/mol. The van der Waals surface area contributed by atoms with Crippen LogP contribution in [0.1, 0.15) is 59.8 Å². The molecule has 0 amide bonds. The molecule has 17 heavy (non-hydrogen) atoms. The third kappa shape index (κ3) is 2.68. The Bertz CT molecular complexity index is 247.